The third-order valence-electron chi connectivity index (χ3n) is 3.87. The van der Waals surface area contributed by atoms with Crippen LogP contribution in [0.3, 0.4) is 0 Å². The second-order valence-corrected chi connectivity index (χ2v) is 5.46. The largest absolute Gasteiger partial charge is 0.464 e. The van der Waals surface area contributed by atoms with Gasteiger partial charge in [0.2, 0.25) is 0 Å². The van der Waals surface area contributed by atoms with Gasteiger partial charge in [-0.3, -0.25) is 4.90 Å². The average molecular weight is 229 g/mol. The van der Waals surface area contributed by atoms with Crippen LogP contribution >= 0.6 is 0 Å². The molecule has 0 aromatic carbocycles. The second kappa shape index (κ2) is 4.23. The van der Waals surface area contributed by atoms with Crippen LogP contribution in [0.25, 0.3) is 0 Å². The molecule has 2 saturated carbocycles. The fourth-order valence-electron chi connectivity index (χ4n) is 2.47. The summed E-state index contributed by atoms with van der Waals surface area (Å²) in [6, 6.07) is 4.95. The van der Waals surface area contributed by atoms with E-state index in [-0.39, 0.29) is 0 Å². The Hall–Kier alpha value is -1.20. The Morgan fingerprint density at radius 1 is 1.47 bits per heavy atom. The van der Waals surface area contributed by atoms with E-state index in [9.17, 15) is 0 Å². The Morgan fingerprint density at radius 2 is 2.24 bits per heavy atom. The van der Waals surface area contributed by atoms with Crippen LogP contribution in [0.15, 0.2) is 16.5 Å². The lowest BCUT2D eigenvalue weighted by Gasteiger charge is -2.17. The third-order valence-corrected chi connectivity index (χ3v) is 3.87. The smallest absolute Gasteiger partial charge is 0.118 e. The van der Waals surface area contributed by atoms with E-state index >= 15 is 0 Å². The van der Waals surface area contributed by atoms with Gasteiger partial charge in [-0.05, 0) is 37.3 Å². The fourth-order valence-corrected chi connectivity index (χ4v) is 2.47. The number of hydrogen-bond acceptors (Lipinski definition) is 2. The van der Waals surface area contributed by atoms with E-state index in [1.807, 2.05) is 0 Å². The molecule has 2 nitrogen and oxygen atoms in total. The second-order valence-electron chi connectivity index (χ2n) is 5.46. The van der Waals surface area contributed by atoms with Crippen LogP contribution in [0.5, 0.6) is 0 Å². The standard InChI is InChI=1S/C15H19NO/c1-3-8-16(12-4-5-12)10-13-6-7-15(17-13)14-9-11(14)2/h1,6-7,11-12,14H,4-5,8-10H2,2H3. The molecule has 3 rings (SSSR count). The van der Waals surface area contributed by atoms with Crippen molar-refractivity contribution < 1.29 is 4.42 Å². The molecule has 17 heavy (non-hydrogen) atoms. The van der Waals surface area contributed by atoms with Gasteiger partial charge in [0, 0.05) is 12.0 Å². The lowest BCUT2D eigenvalue weighted by atomic mass is 10.3. The summed E-state index contributed by atoms with van der Waals surface area (Å²) in [6.07, 6.45) is 9.26. The monoisotopic (exact) mass is 229 g/mol. The maximum atomic E-state index is 5.92. The Morgan fingerprint density at radius 3 is 2.82 bits per heavy atom. The van der Waals surface area contributed by atoms with Crippen molar-refractivity contribution in [3.8, 4) is 12.3 Å². The van der Waals surface area contributed by atoms with Crippen LogP contribution in [0.2, 0.25) is 0 Å². The minimum Gasteiger partial charge on any atom is -0.464 e. The summed E-state index contributed by atoms with van der Waals surface area (Å²) >= 11 is 0. The summed E-state index contributed by atoms with van der Waals surface area (Å²) in [4.78, 5) is 2.35. The third kappa shape index (κ3) is 2.40. The van der Waals surface area contributed by atoms with Gasteiger partial charge >= 0.3 is 0 Å². The van der Waals surface area contributed by atoms with Crippen molar-refractivity contribution >= 4 is 0 Å². The summed E-state index contributed by atoms with van der Waals surface area (Å²) in [7, 11) is 0. The predicted molar refractivity (Wildman–Crippen MR) is 67.5 cm³/mol. The maximum Gasteiger partial charge on any atom is 0.118 e. The number of terminal acetylenes is 1. The summed E-state index contributed by atoms with van der Waals surface area (Å²) < 4.78 is 5.92. The van der Waals surface area contributed by atoms with Crippen LogP contribution in [0, 0.1) is 18.3 Å². The molecular weight excluding hydrogens is 210 g/mol. The molecule has 1 aromatic heterocycles. The van der Waals surface area contributed by atoms with Crippen LogP contribution in [-0.2, 0) is 6.54 Å². The molecule has 0 bridgehead atoms. The highest BCUT2D eigenvalue weighted by atomic mass is 16.3. The molecule has 2 aliphatic carbocycles. The van der Waals surface area contributed by atoms with Gasteiger partial charge in [0.1, 0.15) is 11.5 Å². The minimum absolute atomic E-state index is 0.672. The van der Waals surface area contributed by atoms with E-state index in [4.69, 9.17) is 10.8 Å². The zero-order valence-corrected chi connectivity index (χ0v) is 10.4. The molecule has 1 heterocycles. The Labute approximate surface area is 103 Å². The molecule has 2 unspecified atom stereocenters. The first-order chi connectivity index (χ1) is 8.28. The van der Waals surface area contributed by atoms with Crippen molar-refractivity contribution in [1.29, 1.82) is 0 Å². The first-order valence-corrected chi connectivity index (χ1v) is 6.54. The molecule has 0 amide bonds. The molecule has 2 aliphatic rings. The first kappa shape index (κ1) is 10.9. The average Bonchev–Trinajstić information content (AvgIpc) is 3.21. The highest BCUT2D eigenvalue weighted by Crippen LogP contribution is 2.47. The lowest BCUT2D eigenvalue weighted by Crippen LogP contribution is -2.25. The zero-order valence-electron chi connectivity index (χ0n) is 10.4. The predicted octanol–water partition coefficient (Wildman–Crippen LogP) is 3.00. The van der Waals surface area contributed by atoms with E-state index in [2.05, 4.69) is 29.9 Å². The highest BCUT2D eigenvalue weighted by molar-refractivity contribution is 5.18. The van der Waals surface area contributed by atoms with Crippen LogP contribution < -0.4 is 0 Å². The van der Waals surface area contributed by atoms with Crippen LogP contribution in [0.4, 0.5) is 0 Å². The van der Waals surface area contributed by atoms with Crippen LogP contribution in [-0.4, -0.2) is 17.5 Å². The van der Waals surface area contributed by atoms with Gasteiger partial charge in [-0.15, -0.1) is 6.42 Å². The molecule has 0 saturated heterocycles. The zero-order chi connectivity index (χ0) is 11.8. The van der Waals surface area contributed by atoms with E-state index in [1.165, 1.54) is 25.0 Å². The summed E-state index contributed by atoms with van der Waals surface area (Å²) in [5.41, 5.74) is 0. The molecule has 2 fully saturated rings. The number of nitrogens with zero attached hydrogens (tertiary/aromatic N) is 1. The van der Waals surface area contributed by atoms with E-state index < -0.39 is 0 Å². The van der Waals surface area contributed by atoms with Crippen molar-refractivity contribution in [2.75, 3.05) is 6.54 Å². The highest BCUT2D eigenvalue weighted by Gasteiger charge is 2.37. The molecule has 0 N–H and O–H groups in total. The van der Waals surface area contributed by atoms with Crippen molar-refractivity contribution in [2.24, 2.45) is 5.92 Å². The molecule has 0 spiro atoms. The van der Waals surface area contributed by atoms with Gasteiger partial charge in [-0.2, -0.15) is 0 Å². The SMILES string of the molecule is C#CCN(Cc1ccc(C2CC2C)o1)C1CC1. The molecule has 2 heteroatoms. The van der Waals surface area contributed by atoms with E-state index in [0.29, 0.717) is 12.0 Å². The number of rotatable bonds is 5. The van der Waals surface area contributed by atoms with Gasteiger partial charge in [0.05, 0.1) is 13.1 Å². The molecule has 90 valence electrons. The van der Waals surface area contributed by atoms with Gasteiger partial charge in [-0.1, -0.05) is 12.8 Å². The molecule has 2 atom stereocenters. The van der Waals surface area contributed by atoms with E-state index in [0.717, 1.165) is 24.8 Å². The van der Waals surface area contributed by atoms with Gasteiger partial charge in [0.15, 0.2) is 0 Å². The number of furan rings is 1. The number of hydrogen-bond donors (Lipinski definition) is 0. The normalized spacial score (nSPS) is 27.1. The Balaban J connectivity index is 1.63. The summed E-state index contributed by atoms with van der Waals surface area (Å²) in [6.45, 7) is 3.89. The van der Waals surface area contributed by atoms with Gasteiger partial charge in [0.25, 0.3) is 0 Å². The molecule has 1 aromatic rings. The molecule has 0 aliphatic heterocycles. The van der Waals surface area contributed by atoms with Crippen molar-refractivity contribution in [3.05, 3.63) is 23.7 Å². The molecule has 0 radical (unpaired) electrons. The van der Waals surface area contributed by atoms with Crippen molar-refractivity contribution in [3.63, 3.8) is 0 Å². The van der Waals surface area contributed by atoms with Gasteiger partial charge < -0.3 is 4.42 Å². The summed E-state index contributed by atoms with van der Waals surface area (Å²) in [5.74, 6) is 6.46. The fraction of sp³-hybridized carbons (Fsp3) is 0.600. The lowest BCUT2D eigenvalue weighted by molar-refractivity contribution is 0.259. The Bertz CT molecular complexity index is 438. The minimum atomic E-state index is 0.672. The Kier molecular flexibility index (Phi) is 2.72. The molecular formula is C15H19NO. The maximum absolute atomic E-state index is 5.92. The van der Waals surface area contributed by atoms with Crippen molar-refractivity contribution in [1.82, 2.24) is 4.90 Å². The van der Waals surface area contributed by atoms with E-state index in [1.54, 1.807) is 0 Å². The topological polar surface area (TPSA) is 16.4 Å². The first-order valence-electron chi connectivity index (χ1n) is 6.54. The quantitative estimate of drug-likeness (QED) is 0.722. The van der Waals surface area contributed by atoms with Crippen LogP contribution in [0.1, 0.15) is 43.6 Å². The van der Waals surface area contributed by atoms with Crippen molar-refractivity contribution in [2.45, 2.75) is 44.7 Å². The van der Waals surface area contributed by atoms with Gasteiger partial charge in [-0.25, -0.2) is 0 Å². The summed E-state index contributed by atoms with van der Waals surface area (Å²) in [5, 5.41) is 0.